The fourth-order valence-electron chi connectivity index (χ4n) is 2.23. The first-order valence-electron chi connectivity index (χ1n) is 7.62. The number of carbonyl (C=O) groups excluding carboxylic acids is 1. The van der Waals surface area contributed by atoms with Crippen LogP contribution in [0.3, 0.4) is 0 Å². The van der Waals surface area contributed by atoms with Gasteiger partial charge in [0.05, 0.1) is 10.9 Å². The molecule has 0 saturated heterocycles. The molecule has 0 aliphatic rings. The van der Waals surface area contributed by atoms with E-state index in [0.717, 1.165) is 11.3 Å². The van der Waals surface area contributed by atoms with Crippen LogP contribution in [0.15, 0.2) is 53.7 Å². The molecule has 0 unspecified atom stereocenters. The summed E-state index contributed by atoms with van der Waals surface area (Å²) < 4.78 is 14.8. The minimum absolute atomic E-state index is 0.255. The smallest absolute Gasteiger partial charge is 0.237 e. The highest BCUT2D eigenvalue weighted by Gasteiger charge is 2.20. The molecule has 2 aromatic carbocycles. The van der Waals surface area contributed by atoms with Crippen molar-refractivity contribution in [1.29, 1.82) is 0 Å². The van der Waals surface area contributed by atoms with E-state index in [1.165, 1.54) is 23.9 Å². The van der Waals surface area contributed by atoms with Crippen LogP contribution in [0.25, 0.3) is 5.69 Å². The number of para-hydroxylation sites is 1. The maximum Gasteiger partial charge on any atom is 0.237 e. The first-order chi connectivity index (χ1) is 12.0. The summed E-state index contributed by atoms with van der Waals surface area (Å²) in [4.78, 5) is 12.3. The molecular weight excluding hydrogens is 341 g/mol. The van der Waals surface area contributed by atoms with Gasteiger partial charge in [-0.15, -0.1) is 5.10 Å². The van der Waals surface area contributed by atoms with Gasteiger partial charge in [0.2, 0.25) is 11.1 Å². The van der Waals surface area contributed by atoms with Crippen LogP contribution in [0.5, 0.6) is 0 Å². The molecule has 3 rings (SSSR count). The highest BCUT2D eigenvalue weighted by molar-refractivity contribution is 8.00. The molecule has 6 nitrogen and oxygen atoms in total. The van der Waals surface area contributed by atoms with E-state index in [1.807, 2.05) is 31.2 Å². The highest BCUT2D eigenvalue weighted by Crippen LogP contribution is 2.25. The number of halogens is 1. The van der Waals surface area contributed by atoms with Gasteiger partial charge in [-0.2, -0.15) is 4.68 Å². The summed E-state index contributed by atoms with van der Waals surface area (Å²) in [7, 11) is 0. The van der Waals surface area contributed by atoms with Crippen molar-refractivity contribution in [2.75, 3.05) is 5.32 Å². The van der Waals surface area contributed by atoms with E-state index < -0.39 is 11.1 Å². The molecule has 0 spiro atoms. The van der Waals surface area contributed by atoms with Gasteiger partial charge in [0.15, 0.2) is 0 Å². The van der Waals surface area contributed by atoms with Gasteiger partial charge in [-0.05, 0) is 54.1 Å². The SMILES string of the molecule is Cc1ccccc1-n1nnnc1S[C@@H](C)C(=O)Nc1cccc(F)c1. The Kier molecular flexibility index (Phi) is 5.08. The molecule has 8 heteroatoms. The van der Waals surface area contributed by atoms with Gasteiger partial charge in [-0.1, -0.05) is 36.0 Å². The van der Waals surface area contributed by atoms with Crippen LogP contribution in [0, 0.1) is 12.7 Å². The summed E-state index contributed by atoms with van der Waals surface area (Å²) >= 11 is 1.23. The number of aryl methyl sites for hydroxylation is 1. The number of carbonyl (C=O) groups is 1. The number of thioether (sulfide) groups is 1. The van der Waals surface area contributed by atoms with Crippen LogP contribution in [-0.2, 0) is 4.79 Å². The second kappa shape index (κ2) is 7.43. The van der Waals surface area contributed by atoms with Gasteiger partial charge >= 0.3 is 0 Å². The summed E-state index contributed by atoms with van der Waals surface area (Å²) in [5, 5.41) is 14.5. The molecule has 128 valence electrons. The Hall–Kier alpha value is -2.74. The zero-order chi connectivity index (χ0) is 17.8. The number of hydrogen-bond donors (Lipinski definition) is 1. The number of amides is 1. The van der Waals surface area contributed by atoms with Crippen molar-refractivity contribution in [1.82, 2.24) is 20.2 Å². The lowest BCUT2D eigenvalue weighted by molar-refractivity contribution is -0.115. The summed E-state index contributed by atoms with van der Waals surface area (Å²) in [6.07, 6.45) is 0. The topological polar surface area (TPSA) is 72.7 Å². The van der Waals surface area contributed by atoms with Crippen molar-refractivity contribution >= 4 is 23.4 Å². The molecule has 1 heterocycles. The second-order valence-corrected chi connectivity index (χ2v) is 6.73. The number of benzene rings is 2. The first kappa shape index (κ1) is 17.1. The van der Waals surface area contributed by atoms with E-state index in [-0.39, 0.29) is 5.91 Å². The molecule has 0 aliphatic carbocycles. The van der Waals surface area contributed by atoms with E-state index >= 15 is 0 Å². The fourth-order valence-corrected chi connectivity index (χ4v) is 3.03. The van der Waals surface area contributed by atoms with E-state index in [0.29, 0.717) is 10.8 Å². The van der Waals surface area contributed by atoms with Gasteiger partial charge in [-0.3, -0.25) is 4.79 Å². The summed E-state index contributed by atoms with van der Waals surface area (Å²) in [5.41, 5.74) is 2.29. The fraction of sp³-hybridized carbons (Fsp3) is 0.176. The van der Waals surface area contributed by atoms with Crippen LogP contribution in [0.4, 0.5) is 10.1 Å². The Morgan fingerprint density at radius 2 is 2.04 bits per heavy atom. The molecule has 0 bridgehead atoms. The number of anilines is 1. The number of aromatic nitrogens is 4. The molecule has 0 saturated carbocycles. The molecular formula is C17H16FN5OS. The van der Waals surface area contributed by atoms with Gasteiger partial charge in [0.1, 0.15) is 5.82 Å². The monoisotopic (exact) mass is 357 g/mol. The van der Waals surface area contributed by atoms with Crippen LogP contribution in [0.2, 0.25) is 0 Å². The zero-order valence-corrected chi connectivity index (χ0v) is 14.5. The van der Waals surface area contributed by atoms with Crippen molar-refractivity contribution < 1.29 is 9.18 Å². The normalized spacial score (nSPS) is 12.0. The summed E-state index contributed by atoms with van der Waals surface area (Å²) in [6, 6.07) is 13.5. The molecule has 1 aromatic heterocycles. The summed E-state index contributed by atoms with van der Waals surface area (Å²) in [5.74, 6) is -0.656. The third kappa shape index (κ3) is 4.03. The molecule has 1 N–H and O–H groups in total. The number of nitrogens with zero attached hydrogens (tertiary/aromatic N) is 4. The van der Waals surface area contributed by atoms with Crippen LogP contribution < -0.4 is 5.32 Å². The van der Waals surface area contributed by atoms with Crippen LogP contribution in [-0.4, -0.2) is 31.4 Å². The molecule has 3 aromatic rings. The lowest BCUT2D eigenvalue weighted by atomic mass is 10.2. The average molecular weight is 357 g/mol. The summed E-state index contributed by atoms with van der Waals surface area (Å²) in [6.45, 7) is 3.71. The standard InChI is InChI=1S/C17H16FN5OS/c1-11-6-3-4-9-15(11)23-17(20-21-22-23)25-12(2)16(24)19-14-8-5-7-13(18)10-14/h3-10,12H,1-2H3,(H,19,24)/t12-/m0/s1. The second-order valence-electron chi connectivity index (χ2n) is 5.42. The van der Waals surface area contributed by atoms with Gasteiger partial charge < -0.3 is 5.32 Å². The van der Waals surface area contributed by atoms with Crippen molar-refractivity contribution in [2.45, 2.75) is 24.3 Å². The zero-order valence-electron chi connectivity index (χ0n) is 13.7. The number of rotatable bonds is 5. The van der Waals surface area contributed by atoms with E-state index in [2.05, 4.69) is 20.8 Å². The molecule has 0 radical (unpaired) electrons. The molecule has 1 atom stereocenters. The van der Waals surface area contributed by atoms with E-state index in [9.17, 15) is 9.18 Å². The Morgan fingerprint density at radius 1 is 1.24 bits per heavy atom. The number of hydrogen-bond acceptors (Lipinski definition) is 5. The van der Waals surface area contributed by atoms with Crippen molar-refractivity contribution in [3.8, 4) is 5.69 Å². The van der Waals surface area contributed by atoms with Gasteiger partial charge in [-0.25, -0.2) is 4.39 Å². The van der Waals surface area contributed by atoms with Crippen LogP contribution >= 0.6 is 11.8 Å². The van der Waals surface area contributed by atoms with Crippen molar-refractivity contribution in [2.24, 2.45) is 0 Å². The van der Waals surface area contributed by atoms with Crippen molar-refractivity contribution in [3.05, 3.63) is 59.9 Å². The Labute approximate surface area is 148 Å². The highest BCUT2D eigenvalue weighted by atomic mass is 32.2. The van der Waals surface area contributed by atoms with Gasteiger partial charge in [0.25, 0.3) is 0 Å². The first-order valence-corrected chi connectivity index (χ1v) is 8.50. The maximum atomic E-state index is 13.2. The molecule has 0 aliphatic heterocycles. The van der Waals surface area contributed by atoms with Gasteiger partial charge in [0, 0.05) is 5.69 Å². The predicted molar refractivity (Wildman–Crippen MR) is 94.2 cm³/mol. The average Bonchev–Trinajstić information content (AvgIpc) is 3.03. The largest absolute Gasteiger partial charge is 0.325 e. The lowest BCUT2D eigenvalue weighted by Gasteiger charge is -2.12. The van der Waals surface area contributed by atoms with Crippen LogP contribution in [0.1, 0.15) is 12.5 Å². The molecule has 1 amide bonds. The number of nitrogens with one attached hydrogen (secondary N) is 1. The number of tetrazole rings is 1. The Bertz CT molecular complexity index is 898. The third-order valence-corrected chi connectivity index (χ3v) is 4.56. The van der Waals surface area contributed by atoms with E-state index in [4.69, 9.17) is 0 Å². The maximum absolute atomic E-state index is 13.2. The lowest BCUT2D eigenvalue weighted by Crippen LogP contribution is -2.23. The quantitative estimate of drug-likeness (QED) is 0.710. The molecule has 25 heavy (non-hydrogen) atoms. The minimum atomic E-state index is -0.461. The Balaban J connectivity index is 1.74. The minimum Gasteiger partial charge on any atom is -0.325 e. The third-order valence-electron chi connectivity index (χ3n) is 3.53. The van der Waals surface area contributed by atoms with Crippen molar-refractivity contribution in [3.63, 3.8) is 0 Å². The van der Waals surface area contributed by atoms with E-state index in [1.54, 1.807) is 23.7 Å². The predicted octanol–water partition coefficient (Wildman–Crippen LogP) is 3.23. The Morgan fingerprint density at radius 3 is 2.80 bits per heavy atom. The molecule has 0 fully saturated rings.